The third kappa shape index (κ3) is 3.83. The van der Waals surface area contributed by atoms with E-state index in [0.29, 0.717) is 23.6 Å². The fraction of sp³-hybridized carbons (Fsp3) is 0.333. The molecule has 1 amide bonds. The number of carbonyl (C=O) groups is 2. The first-order chi connectivity index (χ1) is 17.9. The average Bonchev–Trinajstić information content (AvgIpc) is 2.85. The van der Waals surface area contributed by atoms with Crippen LogP contribution in [0.4, 0.5) is 0 Å². The Balaban J connectivity index is 1.58. The van der Waals surface area contributed by atoms with Crippen LogP contribution in [0.5, 0.6) is 5.75 Å². The van der Waals surface area contributed by atoms with Crippen LogP contribution in [0.25, 0.3) is 16.7 Å². The predicted octanol–water partition coefficient (Wildman–Crippen LogP) is 3.58. The molecule has 3 aliphatic rings. The van der Waals surface area contributed by atoms with Gasteiger partial charge in [-0.3, -0.25) is 9.59 Å². The number of nitrogens with two attached hydrogens (primary N) is 1. The van der Waals surface area contributed by atoms with E-state index >= 15 is 0 Å². The predicted molar refractivity (Wildman–Crippen MR) is 143 cm³/mol. The van der Waals surface area contributed by atoms with Gasteiger partial charge in [0.2, 0.25) is 5.78 Å². The van der Waals surface area contributed by atoms with E-state index in [1.807, 2.05) is 18.2 Å². The smallest absolute Gasteiger partial charge is 0.255 e. The molecule has 3 aliphatic carbocycles. The SMILES string of the molecule is C=C1C2=C(O)[C@]3(O)C(=O)C(C(N)=O)=C(O)C[C@@H]3CC2Cc2c(-c3ccc(CNC(C)C)cc3)ccc(O)c21. The van der Waals surface area contributed by atoms with Gasteiger partial charge in [-0.05, 0) is 52.7 Å². The second-order valence-corrected chi connectivity index (χ2v) is 10.8. The van der Waals surface area contributed by atoms with Crippen LogP contribution in [0, 0.1) is 11.8 Å². The number of nitrogens with one attached hydrogen (secondary N) is 1. The molecule has 0 fully saturated rings. The minimum Gasteiger partial charge on any atom is -0.511 e. The summed E-state index contributed by atoms with van der Waals surface area (Å²) in [5, 5.41) is 47.4. The molecular formula is C30H32N2O6. The number of aliphatic hydroxyl groups is 3. The summed E-state index contributed by atoms with van der Waals surface area (Å²) in [6.45, 7) is 9.07. The highest BCUT2D eigenvalue weighted by Crippen LogP contribution is 2.55. The molecule has 0 spiro atoms. The summed E-state index contributed by atoms with van der Waals surface area (Å²) in [6.07, 6.45) is 0.500. The number of Topliss-reactive ketones (excluding diaryl/α,β-unsaturated/α-hetero) is 1. The number of carbonyl (C=O) groups excluding carboxylic acids is 2. The number of primary amides is 1. The van der Waals surface area contributed by atoms with Gasteiger partial charge in [0, 0.05) is 36.1 Å². The van der Waals surface area contributed by atoms with Gasteiger partial charge in [-0.1, -0.05) is 50.8 Å². The van der Waals surface area contributed by atoms with Crippen molar-refractivity contribution in [3.63, 3.8) is 0 Å². The van der Waals surface area contributed by atoms with Gasteiger partial charge in [0.15, 0.2) is 5.60 Å². The highest BCUT2D eigenvalue weighted by Gasteiger charge is 2.58. The molecule has 0 aliphatic heterocycles. The molecule has 8 heteroatoms. The zero-order valence-corrected chi connectivity index (χ0v) is 21.4. The lowest BCUT2D eigenvalue weighted by atomic mass is 9.59. The molecule has 198 valence electrons. The molecule has 0 aromatic heterocycles. The number of amides is 1. The van der Waals surface area contributed by atoms with Crippen LogP contribution >= 0.6 is 0 Å². The van der Waals surface area contributed by atoms with Gasteiger partial charge in [0.05, 0.1) is 0 Å². The monoisotopic (exact) mass is 516 g/mol. The van der Waals surface area contributed by atoms with E-state index in [1.165, 1.54) is 0 Å². The van der Waals surface area contributed by atoms with E-state index in [0.717, 1.165) is 28.8 Å². The average molecular weight is 517 g/mol. The molecule has 1 unspecified atom stereocenters. The summed E-state index contributed by atoms with van der Waals surface area (Å²) in [5.41, 5.74) is 7.10. The lowest BCUT2D eigenvalue weighted by Crippen LogP contribution is -2.56. The number of fused-ring (bicyclic) bond motifs is 3. The Kier molecular flexibility index (Phi) is 6.20. The minimum atomic E-state index is -2.41. The number of hydrogen-bond acceptors (Lipinski definition) is 7. The second kappa shape index (κ2) is 9.15. The maximum atomic E-state index is 13.1. The number of ketones is 1. The molecule has 2 aromatic carbocycles. The minimum absolute atomic E-state index is 0.0234. The summed E-state index contributed by atoms with van der Waals surface area (Å²) in [4.78, 5) is 25.0. The summed E-state index contributed by atoms with van der Waals surface area (Å²) in [5.74, 6) is -4.57. The Morgan fingerprint density at radius 3 is 2.45 bits per heavy atom. The van der Waals surface area contributed by atoms with Gasteiger partial charge in [0.1, 0.15) is 22.8 Å². The number of aliphatic hydroxyl groups excluding tert-OH is 2. The van der Waals surface area contributed by atoms with E-state index in [1.54, 1.807) is 6.07 Å². The van der Waals surface area contributed by atoms with E-state index in [4.69, 9.17) is 5.73 Å². The van der Waals surface area contributed by atoms with E-state index in [9.17, 15) is 30.0 Å². The number of allylic oxidation sites excluding steroid dienone is 3. The third-order valence-corrected chi connectivity index (χ3v) is 8.08. The zero-order chi connectivity index (χ0) is 27.5. The van der Waals surface area contributed by atoms with E-state index < -0.39 is 40.3 Å². The molecule has 5 rings (SSSR count). The van der Waals surface area contributed by atoms with E-state index in [2.05, 4.69) is 37.9 Å². The summed E-state index contributed by atoms with van der Waals surface area (Å²) >= 11 is 0. The molecular weight excluding hydrogens is 484 g/mol. The lowest BCUT2D eigenvalue weighted by Gasteiger charge is -2.46. The first-order valence-electron chi connectivity index (χ1n) is 12.7. The Labute approximate surface area is 220 Å². The van der Waals surface area contributed by atoms with Crippen molar-refractivity contribution < 1.29 is 30.0 Å². The zero-order valence-electron chi connectivity index (χ0n) is 21.4. The van der Waals surface area contributed by atoms with Crippen LogP contribution in [0.3, 0.4) is 0 Å². The quantitative estimate of drug-likeness (QED) is 0.332. The molecule has 0 saturated carbocycles. The van der Waals surface area contributed by atoms with Crippen molar-refractivity contribution in [2.24, 2.45) is 17.6 Å². The Bertz CT molecular complexity index is 1440. The second-order valence-electron chi connectivity index (χ2n) is 10.8. The Morgan fingerprint density at radius 2 is 1.82 bits per heavy atom. The fourth-order valence-corrected chi connectivity index (χ4v) is 6.19. The Hall–Kier alpha value is -3.88. The molecule has 2 aromatic rings. The summed E-state index contributed by atoms with van der Waals surface area (Å²) < 4.78 is 0. The molecule has 3 atom stereocenters. The standard InChI is InChI=1S/C30H32N2O6/c1-14(2)32-13-16-4-6-17(7-5-16)20-8-9-22(33)25-15(3)24-18(11-21(20)25)10-19-12-23(34)26(29(31)37)28(36)30(19,38)27(24)35/h4-9,14,18-19,32-35,38H,3,10-13H2,1-2H3,(H2,31,37)/t18?,19-,30-/m0/s1. The highest BCUT2D eigenvalue weighted by atomic mass is 16.3. The van der Waals surface area contributed by atoms with Crippen molar-refractivity contribution in [1.82, 2.24) is 5.32 Å². The van der Waals surface area contributed by atoms with Gasteiger partial charge in [-0.25, -0.2) is 0 Å². The molecule has 0 heterocycles. The molecule has 38 heavy (non-hydrogen) atoms. The maximum Gasteiger partial charge on any atom is 0.255 e. The van der Waals surface area contributed by atoms with Crippen LogP contribution < -0.4 is 11.1 Å². The van der Waals surface area contributed by atoms with Crippen molar-refractivity contribution in [1.29, 1.82) is 0 Å². The Morgan fingerprint density at radius 1 is 1.13 bits per heavy atom. The number of phenols is 1. The van der Waals surface area contributed by atoms with Crippen LogP contribution in [0.1, 0.15) is 43.4 Å². The summed E-state index contributed by atoms with van der Waals surface area (Å²) in [7, 11) is 0. The highest BCUT2D eigenvalue weighted by molar-refractivity contribution is 6.23. The topological polar surface area (TPSA) is 153 Å². The summed E-state index contributed by atoms with van der Waals surface area (Å²) in [6, 6.07) is 12.0. The molecule has 7 N–H and O–H groups in total. The number of hydrogen-bond donors (Lipinski definition) is 6. The van der Waals surface area contributed by atoms with Gasteiger partial charge in [-0.15, -0.1) is 0 Å². The van der Waals surface area contributed by atoms with E-state index in [-0.39, 0.29) is 30.1 Å². The molecule has 0 saturated heterocycles. The van der Waals surface area contributed by atoms with Crippen LogP contribution in [-0.2, 0) is 22.6 Å². The van der Waals surface area contributed by atoms with Gasteiger partial charge in [-0.2, -0.15) is 0 Å². The maximum absolute atomic E-state index is 13.1. The molecule has 0 radical (unpaired) electrons. The molecule has 8 nitrogen and oxygen atoms in total. The first kappa shape index (κ1) is 25.8. The van der Waals surface area contributed by atoms with Crippen molar-refractivity contribution >= 4 is 17.3 Å². The van der Waals surface area contributed by atoms with Gasteiger partial charge in [0.25, 0.3) is 5.91 Å². The van der Waals surface area contributed by atoms with Gasteiger partial charge >= 0.3 is 0 Å². The van der Waals surface area contributed by atoms with Crippen LogP contribution in [0.15, 0.2) is 65.6 Å². The van der Waals surface area contributed by atoms with Crippen molar-refractivity contribution in [3.05, 3.63) is 82.3 Å². The van der Waals surface area contributed by atoms with Crippen molar-refractivity contribution in [3.8, 4) is 16.9 Å². The lowest BCUT2D eigenvalue weighted by molar-refractivity contribution is -0.144. The van der Waals surface area contributed by atoms with Crippen molar-refractivity contribution in [2.45, 2.75) is 51.3 Å². The third-order valence-electron chi connectivity index (χ3n) is 8.08. The van der Waals surface area contributed by atoms with Crippen LogP contribution in [0.2, 0.25) is 0 Å². The first-order valence-corrected chi connectivity index (χ1v) is 12.7. The number of phenolic OH excluding ortho intramolecular Hbond substituents is 1. The number of aromatic hydroxyl groups is 1. The molecule has 0 bridgehead atoms. The van der Waals surface area contributed by atoms with Crippen LogP contribution in [-0.4, -0.2) is 43.8 Å². The van der Waals surface area contributed by atoms with Gasteiger partial charge < -0.3 is 31.5 Å². The van der Waals surface area contributed by atoms with Crippen molar-refractivity contribution in [2.75, 3.05) is 0 Å². The fourth-order valence-electron chi connectivity index (χ4n) is 6.19. The normalized spacial score (nSPS) is 24.8. The largest absolute Gasteiger partial charge is 0.511 e. The number of rotatable bonds is 5. The number of benzene rings is 2.